The summed E-state index contributed by atoms with van der Waals surface area (Å²) in [6.45, 7) is 6.83. The molecule has 2 aromatic heterocycles. The Bertz CT molecular complexity index is 942. The van der Waals surface area contributed by atoms with Gasteiger partial charge >= 0.3 is 6.03 Å². The maximum Gasteiger partial charge on any atom is 0.321 e. The standard InChI is InChI=1S/C19H23N7O/c1-3-15-4-6-16(7-5-15)21-19(27)25-10-8-24(9-11-25)17-12-18-23-22-14(2)26(18)20-13-17/h4-7,12-13H,3,8-11H2,1-2H3,(H,21,27). The third-order valence-corrected chi connectivity index (χ3v) is 4.95. The summed E-state index contributed by atoms with van der Waals surface area (Å²) < 4.78 is 1.72. The van der Waals surface area contributed by atoms with Gasteiger partial charge in [-0.15, -0.1) is 10.2 Å². The first-order chi connectivity index (χ1) is 13.1. The SMILES string of the molecule is CCc1ccc(NC(=O)N2CCN(c3cnn4c(C)nnc4c3)CC2)cc1. The zero-order chi connectivity index (χ0) is 18.8. The van der Waals surface area contributed by atoms with Crippen LogP contribution in [-0.4, -0.2) is 56.9 Å². The highest BCUT2D eigenvalue weighted by atomic mass is 16.2. The number of nitrogens with zero attached hydrogens (tertiary/aromatic N) is 6. The van der Waals surface area contributed by atoms with Gasteiger partial charge in [0.2, 0.25) is 0 Å². The molecule has 0 radical (unpaired) electrons. The highest BCUT2D eigenvalue weighted by Crippen LogP contribution is 2.18. The first-order valence-electron chi connectivity index (χ1n) is 9.22. The van der Waals surface area contributed by atoms with Crippen LogP contribution in [0.25, 0.3) is 5.65 Å². The second kappa shape index (κ2) is 7.22. The van der Waals surface area contributed by atoms with Gasteiger partial charge in [0.25, 0.3) is 0 Å². The minimum absolute atomic E-state index is 0.0550. The van der Waals surface area contributed by atoms with E-state index >= 15 is 0 Å². The summed E-state index contributed by atoms with van der Waals surface area (Å²) in [4.78, 5) is 16.6. The number of hydrogen-bond acceptors (Lipinski definition) is 5. The Hall–Kier alpha value is -3.16. The summed E-state index contributed by atoms with van der Waals surface area (Å²) in [6, 6.07) is 9.92. The molecule has 1 aliphatic heterocycles. The van der Waals surface area contributed by atoms with Crippen molar-refractivity contribution in [1.29, 1.82) is 0 Å². The molecular weight excluding hydrogens is 342 g/mol. The lowest BCUT2D eigenvalue weighted by molar-refractivity contribution is 0.208. The first-order valence-corrected chi connectivity index (χ1v) is 9.22. The monoisotopic (exact) mass is 365 g/mol. The zero-order valence-electron chi connectivity index (χ0n) is 15.6. The number of carbonyl (C=O) groups is 1. The summed E-state index contributed by atoms with van der Waals surface area (Å²) in [7, 11) is 0. The molecule has 0 saturated carbocycles. The number of anilines is 2. The molecule has 0 unspecified atom stereocenters. The van der Waals surface area contributed by atoms with E-state index in [0.29, 0.717) is 13.1 Å². The lowest BCUT2D eigenvalue weighted by Gasteiger charge is -2.35. The van der Waals surface area contributed by atoms with Crippen LogP contribution in [0.4, 0.5) is 16.2 Å². The summed E-state index contributed by atoms with van der Waals surface area (Å²) >= 11 is 0. The van der Waals surface area contributed by atoms with Gasteiger partial charge in [-0.05, 0) is 31.0 Å². The van der Waals surface area contributed by atoms with Crippen molar-refractivity contribution in [2.75, 3.05) is 36.4 Å². The van der Waals surface area contributed by atoms with Crippen LogP contribution < -0.4 is 10.2 Å². The predicted octanol–water partition coefficient (Wildman–Crippen LogP) is 2.35. The van der Waals surface area contributed by atoms with Crippen LogP contribution in [0.2, 0.25) is 0 Å². The molecule has 4 rings (SSSR count). The van der Waals surface area contributed by atoms with Crippen molar-refractivity contribution in [3.05, 3.63) is 47.9 Å². The number of fused-ring (bicyclic) bond motifs is 1. The molecule has 140 valence electrons. The Morgan fingerprint density at radius 1 is 1.11 bits per heavy atom. The summed E-state index contributed by atoms with van der Waals surface area (Å²) in [6.07, 6.45) is 2.82. The van der Waals surface area contributed by atoms with Crippen molar-refractivity contribution in [2.45, 2.75) is 20.3 Å². The lowest BCUT2D eigenvalue weighted by atomic mass is 10.1. The van der Waals surface area contributed by atoms with Gasteiger partial charge in [-0.25, -0.2) is 4.79 Å². The molecule has 0 bridgehead atoms. The lowest BCUT2D eigenvalue weighted by Crippen LogP contribution is -2.50. The molecule has 1 aliphatic rings. The van der Waals surface area contributed by atoms with Crippen LogP contribution in [0.3, 0.4) is 0 Å². The molecule has 8 heteroatoms. The van der Waals surface area contributed by atoms with Gasteiger partial charge in [0.05, 0.1) is 11.9 Å². The molecule has 27 heavy (non-hydrogen) atoms. The first kappa shape index (κ1) is 17.3. The highest BCUT2D eigenvalue weighted by Gasteiger charge is 2.22. The van der Waals surface area contributed by atoms with Crippen molar-refractivity contribution < 1.29 is 4.79 Å². The van der Waals surface area contributed by atoms with E-state index in [0.717, 1.165) is 42.4 Å². The predicted molar refractivity (Wildman–Crippen MR) is 104 cm³/mol. The van der Waals surface area contributed by atoms with E-state index in [9.17, 15) is 4.79 Å². The summed E-state index contributed by atoms with van der Waals surface area (Å²) in [5.74, 6) is 0.769. The second-order valence-electron chi connectivity index (χ2n) is 6.69. The van der Waals surface area contributed by atoms with Crippen LogP contribution in [-0.2, 0) is 6.42 Å². The van der Waals surface area contributed by atoms with Crippen molar-refractivity contribution >= 4 is 23.1 Å². The fraction of sp³-hybridized carbons (Fsp3) is 0.368. The largest absolute Gasteiger partial charge is 0.367 e. The van der Waals surface area contributed by atoms with E-state index in [4.69, 9.17) is 0 Å². The smallest absolute Gasteiger partial charge is 0.321 e. The Morgan fingerprint density at radius 3 is 2.56 bits per heavy atom. The van der Waals surface area contributed by atoms with Crippen molar-refractivity contribution in [3.8, 4) is 0 Å². The maximum absolute atomic E-state index is 12.5. The number of carbonyl (C=O) groups excluding carboxylic acids is 1. The average Bonchev–Trinajstić information content (AvgIpc) is 3.09. The Labute approximate surface area is 157 Å². The third kappa shape index (κ3) is 3.55. The van der Waals surface area contributed by atoms with E-state index in [1.54, 1.807) is 4.52 Å². The number of hydrogen-bond donors (Lipinski definition) is 1. The molecule has 0 aliphatic carbocycles. The van der Waals surface area contributed by atoms with Crippen molar-refractivity contribution in [3.63, 3.8) is 0 Å². The minimum Gasteiger partial charge on any atom is -0.367 e. The highest BCUT2D eigenvalue weighted by molar-refractivity contribution is 5.89. The van der Waals surface area contributed by atoms with Crippen LogP contribution in [0.15, 0.2) is 36.5 Å². The number of aryl methyl sites for hydroxylation is 2. The molecule has 1 aromatic carbocycles. The van der Waals surface area contributed by atoms with Gasteiger partial charge in [0.15, 0.2) is 11.5 Å². The molecule has 2 amide bonds. The number of amides is 2. The van der Waals surface area contributed by atoms with Gasteiger partial charge < -0.3 is 15.1 Å². The molecule has 3 aromatic rings. The molecule has 8 nitrogen and oxygen atoms in total. The van der Waals surface area contributed by atoms with Gasteiger partial charge in [0, 0.05) is 37.9 Å². The fourth-order valence-corrected chi connectivity index (χ4v) is 3.26. The topological polar surface area (TPSA) is 78.7 Å². The molecule has 1 saturated heterocycles. The summed E-state index contributed by atoms with van der Waals surface area (Å²) in [5, 5.41) is 15.5. The molecule has 0 atom stereocenters. The fourth-order valence-electron chi connectivity index (χ4n) is 3.26. The van der Waals surface area contributed by atoms with Crippen molar-refractivity contribution in [1.82, 2.24) is 24.7 Å². The molecule has 1 fully saturated rings. The van der Waals surface area contributed by atoms with Gasteiger partial charge in [-0.1, -0.05) is 19.1 Å². The zero-order valence-corrected chi connectivity index (χ0v) is 15.6. The van der Waals surface area contributed by atoms with Gasteiger partial charge in [-0.2, -0.15) is 9.61 Å². The molecule has 3 heterocycles. The Kier molecular flexibility index (Phi) is 4.62. The molecular formula is C19H23N7O. The maximum atomic E-state index is 12.5. The number of piperazine rings is 1. The van der Waals surface area contributed by atoms with E-state index < -0.39 is 0 Å². The number of nitrogens with one attached hydrogen (secondary N) is 1. The third-order valence-electron chi connectivity index (χ3n) is 4.95. The number of rotatable bonds is 3. The van der Waals surface area contributed by atoms with Crippen LogP contribution in [0.1, 0.15) is 18.3 Å². The number of benzene rings is 1. The van der Waals surface area contributed by atoms with E-state index in [-0.39, 0.29) is 6.03 Å². The Balaban J connectivity index is 1.36. The van der Waals surface area contributed by atoms with Crippen LogP contribution in [0, 0.1) is 6.92 Å². The molecule has 0 spiro atoms. The van der Waals surface area contributed by atoms with E-state index in [1.807, 2.05) is 48.4 Å². The Morgan fingerprint density at radius 2 is 1.85 bits per heavy atom. The van der Waals surface area contributed by atoms with E-state index in [1.165, 1.54) is 5.56 Å². The van der Waals surface area contributed by atoms with E-state index in [2.05, 4.69) is 32.4 Å². The van der Waals surface area contributed by atoms with Crippen molar-refractivity contribution in [2.24, 2.45) is 0 Å². The quantitative estimate of drug-likeness (QED) is 0.771. The van der Waals surface area contributed by atoms with Crippen LogP contribution >= 0.6 is 0 Å². The number of urea groups is 1. The van der Waals surface area contributed by atoms with Gasteiger partial charge in [-0.3, -0.25) is 0 Å². The average molecular weight is 365 g/mol. The van der Waals surface area contributed by atoms with Gasteiger partial charge in [0.1, 0.15) is 0 Å². The minimum atomic E-state index is -0.0550. The second-order valence-corrected chi connectivity index (χ2v) is 6.69. The van der Waals surface area contributed by atoms with Crippen LogP contribution in [0.5, 0.6) is 0 Å². The molecule has 1 N–H and O–H groups in total. The number of aromatic nitrogens is 4. The summed E-state index contributed by atoms with van der Waals surface area (Å²) in [5.41, 5.74) is 3.83. The normalized spacial score (nSPS) is 14.6.